The Morgan fingerprint density at radius 3 is 2.00 bits per heavy atom. The highest BCUT2D eigenvalue weighted by Crippen LogP contribution is 2.12. The van der Waals surface area contributed by atoms with Crippen molar-refractivity contribution in [2.45, 2.75) is 44.1 Å². The summed E-state index contributed by atoms with van der Waals surface area (Å²) in [5.74, 6) is 0. The first-order valence-corrected chi connectivity index (χ1v) is 7.22. The van der Waals surface area contributed by atoms with E-state index in [9.17, 15) is 0 Å². The maximum atomic E-state index is 4.28. The van der Waals surface area contributed by atoms with Gasteiger partial charge < -0.3 is 15.5 Å². The molecule has 3 heteroatoms. The Hall–Kier alpha value is -0.120. The third-order valence-corrected chi connectivity index (χ3v) is 5.00. The molecule has 0 aromatic heterocycles. The van der Waals surface area contributed by atoms with E-state index in [1.165, 1.54) is 64.7 Å². The Morgan fingerprint density at radius 2 is 1.50 bits per heavy atom. The molecule has 2 aliphatic heterocycles. The Morgan fingerprint density at radius 1 is 0.938 bits per heavy atom. The molecule has 2 aliphatic rings. The van der Waals surface area contributed by atoms with E-state index in [1.54, 1.807) is 4.90 Å². The van der Waals surface area contributed by atoms with Gasteiger partial charge in [-0.15, -0.1) is 0 Å². The van der Waals surface area contributed by atoms with Crippen LogP contribution in [0.15, 0.2) is 0 Å². The first-order valence-electron chi connectivity index (χ1n) is 7.22. The van der Waals surface area contributed by atoms with E-state index in [-0.39, 0.29) is 0 Å². The maximum Gasteiger partial charge on any atom is 0.158 e. The second-order valence-corrected chi connectivity index (χ2v) is 6.01. The molecule has 0 radical (unpaired) electrons. The maximum absolute atomic E-state index is 4.28. The molecule has 3 nitrogen and oxygen atoms in total. The van der Waals surface area contributed by atoms with Crippen molar-refractivity contribution >= 4 is 0 Å². The summed E-state index contributed by atoms with van der Waals surface area (Å²) in [4.78, 5) is 3.62. The quantitative estimate of drug-likeness (QED) is 0.477. The Balaban J connectivity index is 2.01. The minimum atomic E-state index is 0.545. The van der Waals surface area contributed by atoms with Crippen LogP contribution in [-0.4, -0.2) is 45.3 Å². The molecule has 0 aliphatic carbocycles. The van der Waals surface area contributed by atoms with Crippen LogP contribution in [0.2, 0.25) is 0 Å². The van der Waals surface area contributed by atoms with Crippen LogP contribution in [0.5, 0.6) is 0 Å². The van der Waals surface area contributed by atoms with Gasteiger partial charge in [0.2, 0.25) is 0 Å². The van der Waals surface area contributed by atoms with Gasteiger partial charge in [0.1, 0.15) is 6.54 Å². The number of nitrogens with one attached hydrogen (secondary N) is 2. The lowest BCUT2D eigenvalue weighted by molar-refractivity contribution is -0.980. The number of likely N-dealkylation sites (tertiary alicyclic amines) is 2. The zero-order valence-corrected chi connectivity index (χ0v) is 11.0. The monoisotopic (exact) mass is 228 g/mol. The summed E-state index contributed by atoms with van der Waals surface area (Å²) < 4.78 is 0. The normalized spacial score (nSPS) is 38.2. The van der Waals surface area contributed by atoms with Crippen molar-refractivity contribution in [2.75, 3.05) is 39.8 Å². The summed E-state index contributed by atoms with van der Waals surface area (Å²) in [5, 5.41) is 0. The average molecular weight is 228 g/mol. The van der Waals surface area contributed by atoms with Gasteiger partial charge in [-0.2, -0.15) is 0 Å². The molecule has 2 rings (SSSR count). The first-order chi connectivity index (χ1) is 7.77. The fourth-order valence-corrected chi connectivity index (χ4v) is 3.62. The second-order valence-electron chi connectivity index (χ2n) is 6.01. The molecule has 0 aromatic rings. The van der Waals surface area contributed by atoms with Crippen LogP contribution in [0.3, 0.4) is 0 Å². The van der Waals surface area contributed by atoms with Gasteiger partial charge >= 0.3 is 0 Å². The van der Waals surface area contributed by atoms with E-state index in [4.69, 9.17) is 0 Å². The largest absolute Gasteiger partial charge is 0.352 e. The summed E-state index contributed by atoms with van der Waals surface area (Å²) in [6, 6.07) is 0. The molecule has 0 aromatic carbocycles. The highest BCUT2D eigenvalue weighted by molar-refractivity contribution is 4.80. The summed E-state index contributed by atoms with van der Waals surface area (Å²) in [5.41, 5.74) is 4.83. The van der Waals surface area contributed by atoms with E-state index < -0.39 is 0 Å². The first kappa shape index (κ1) is 12.3. The zero-order chi connectivity index (χ0) is 11.4. The van der Waals surface area contributed by atoms with Crippen molar-refractivity contribution < 1.29 is 15.5 Å². The lowest BCUT2D eigenvalue weighted by atomic mass is 9.85. The minimum absolute atomic E-state index is 0.545. The van der Waals surface area contributed by atoms with Crippen LogP contribution in [0.25, 0.3) is 0 Å². The van der Waals surface area contributed by atoms with Crippen molar-refractivity contribution in [3.63, 3.8) is 0 Å². The third kappa shape index (κ3) is 2.58. The molecule has 2 saturated heterocycles. The lowest BCUT2D eigenvalue weighted by Crippen LogP contribution is -3.25. The molecule has 0 bridgehead atoms. The second kappa shape index (κ2) is 5.48. The number of piperidine rings is 1. The standard InChI is InChI=1S/C13H27N3/c1-15-10-6-13(12-14,7-11-15)16-8-4-2-3-5-9-16/h2-12,14H2,1H3/p+3. The van der Waals surface area contributed by atoms with E-state index in [0.717, 1.165) is 6.54 Å². The number of quaternary nitrogens is 3. The lowest BCUT2D eigenvalue weighted by Gasteiger charge is -2.41. The van der Waals surface area contributed by atoms with Crippen molar-refractivity contribution in [2.24, 2.45) is 0 Å². The molecule has 0 amide bonds. The Labute approximate surface area is 100.0 Å². The fourth-order valence-electron chi connectivity index (χ4n) is 3.62. The molecule has 94 valence electrons. The van der Waals surface area contributed by atoms with E-state index in [1.807, 2.05) is 4.90 Å². The molecule has 0 saturated carbocycles. The summed E-state index contributed by atoms with van der Waals surface area (Å²) in [6.07, 6.45) is 8.61. The fraction of sp³-hybridized carbons (Fsp3) is 1.00. The van der Waals surface area contributed by atoms with E-state index in [2.05, 4.69) is 12.8 Å². The molecule has 0 spiro atoms. The molecule has 5 N–H and O–H groups in total. The summed E-state index contributed by atoms with van der Waals surface area (Å²) in [7, 11) is 2.34. The molecule has 0 unspecified atom stereocenters. The average Bonchev–Trinajstić information content (AvgIpc) is 2.60. The highest BCUT2D eigenvalue weighted by atomic mass is 15.2. The number of hydrogen-bond acceptors (Lipinski definition) is 0. The Kier molecular flexibility index (Phi) is 4.22. The van der Waals surface area contributed by atoms with E-state index in [0.29, 0.717) is 5.54 Å². The molecule has 2 fully saturated rings. The van der Waals surface area contributed by atoms with Crippen molar-refractivity contribution in [3.05, 3.63) is 0 Å². The van der Waals surface area contributed by atoms with Crippen LogP contribution in [0, 0.1) is 0 Å². The van der Waals surface area contributed by atoms with Crippen molar-refractivity contribution in [1.29, 1.82) is 0 Å². The van der Waals surface area contributed by atoms with Crippen LogP contribution in [0.1, 0.15) is 38.5 Å². The highest BCUT2D eigenvalue weighted by Gasteiger charge is 2.45. The van der Waals surface area contributed by atoms with Crippen LogP contribution in [-0.2, 0) is 0 Å². The topological polar surface area (TPSA) is 36.5 Å². The third-order valence-electron chi connectivity index (χ3n) is 5.00. The number of hydrogen-bond donors (Lipinski definition) is 3. The van der Waals surface area contributed by atoms with Crippen LogP contribution >= 0.6 is 0 Å². The predicted molar refractivity (Wildman–Crippen MR) is 65.5 cm³/mol. The molecule has 16 heavy (non-hydrogen) atoms. The van der Waals surface area contributed by atoms with Gasteiger partial charge in [-0.25, -0.2) is 0 Å². The van der Waals surface area contributed by atoms with Gasteiger partial charge in [0, 0.05) is 0 Å². The van der Waals surface area contributed by atoms with Gasteiger partial charge in [-0.3, -0.25) is 0 Å². The molecular formula is C13H30N3+3. The van der Waals surface area contributed by atoms with Gasteiger partial charge in [0.05, 0.1) is 46.1 Å². The van der Waals surface area contributed by atoms with Gasteiger partial charge in [0.25, 0.3) is 0 Å². The Bertz CT molecular complexity index is 201. The van der Waals surface area contributed by atoms with Crippen molar-refractivity contribution in [3.8, 4) is 0 Å². The predicted octanol–water partition coefficient (Wildman–Crippen LogP) is -2.27. The number of rotatable bonds is 2. The summed E-state index contributed by atoms with van der Waals surface area (Å²) >= 11 is 0. The van der Waals surface area contributed by atoms with Gasteiger partial charge in [-0.05, 0) is 25.7 Å². The van der Waals surface area contributed by atoms with E-state index >= 15 is 0 Å². The minimum Gasteiger partial charge on any atom is -0.352 e. The smallest absolute Gasteiger partial charge is 0.158 e. The van der Waals surface area contributed by atoms with Crippen LogP contribution in [0.4, 0.5) is 0 Å². The van der Waals surface area contributed by atoms with Gasteiger partial charge in [0.15, 0.2) is 5.54 Å². The zero-order valence-electron chi connectivity index (χ0n) is 11.0. The summed E-state index contributed by atoms with van der Waals surface area (Å²) in [6.45, 7) is 6.69. The molecular weight excluding hydrogens is 198 g/mol. The van der Waals surface area contributed by atoms with Crippen molar-refractivity contribution in [1.82, 2.24) is 0 Å². The SMILES string of the molecule is C[NH+]1CCC(C[NH3+])([NH+]2CCCCCC2)CC1. The molecule has 0 atom stereocenters. The molecule has 2 heterocycles. The van der Waals surface area contributed by atoms with Crippen LogP contribution < -0.4 is 15.5 Å². The van der Waals surface area contributed by atoms with Gasteiger partial charge in [-0.1, -0.05) is 0 Å².